The number of rotatable bonds is 1. The Morgan fingerprint density at radius 2 is 1.79 bits per heavy atom. The van der Waals surface area contributed by atoms with Gasteiger partial charge in [-0.1, -0.05) is 33.1 Å². The first-order valence-electron chi connectivity index (χ1n) is 8.08. The molecule has 0 amide bonds. The fourth-order valence-corrected chi connectivity index (χ4v) is 4.58. The first kappa shape index (κ1) is 15.3. The van der Waals surface area contributed by atoms with E-state index in [0.717, 1.165) is 0 Å². The van der Waals surface area contributed by atoms with Crippen LogP contribution in [0.15, 0.2) is 0 Å². The van der Waals surface area contributed by atoms with Crippen molar-refractivity contribution in [2.24, 2.45) is 23.7 Å². The van der Waals surface area contributed by atoms with Gasteiger partial charge in [-0.3, -0.25) is 0 Å². The molecule has 7 unspecified atom stereocenters. The Bertz CT molecular complexity index is 281. The summed E-state index contributed by atoms with van der Waals surface area (Å²) in [5.41, 5.74) is 0. The highest BCUT2D eigenvalue weighted by molar-refractivity contribution is 4.99. The van der Waals surface area contributed by atoms with E-state index in [1.54, 1.807) is 7.11 Å². The van der Waals surface area contributed by atoms with Crippen molar-refractivity contribution in [3.8, 4) is 0 Å². The van der Waals surface area contributed by atoms with Crippen molar-refractivity contribution < 1.29 is 14.6 Å². The molecule has 0 radical (unpaired) electrons. The van der Waals surface area contributed by atoms with Crippen LogP contribution < -0.4 is 0 Å². The van der Waals surface area contributed by atoms with Crippen molar-refractivity contribution in [3.63, 3.8) is 0 Å². The monoisotopic (exact) mass is 270 g/mol. The van der Waals surface area contributed by atoms with Gasteiger partial charge in [0.05, 0.1) is 12.2 Å². The number of aliphatic hydroxyl groups excluding tert-OH is 1. The van der Waals surface area contributed by atoms with Crippen LogP contribution in [0.2, 0.25) is 0 Å². The molecule has 1 heterocycles. The molecule has 1 N–H and O–H groups in total. The second-order valence-corrected chi connectivity index (χ2v) is 6.12. The van der Waals surface area contributed by atoms with Crippen molar-refractivity contribution in [2.75, 3.05) is 7.11 Å². The minimum absolute atomic E-state index is 0.0903. The number of fused-ring (bicyclic) bond motifs is 2. The van der Waals surface area contributed by atoms with Crippen molar-refractivity contribution >= 4 is 0 Å². The van der Waals surface area contributed by atoms with Crippen LogP contribution in [0.3, 0.4) is 0 Å². The molecule has 0 bridgehead atoms. The predicted octanol–water partition coefficient (Wildman–Crippen LogP) is 3.21. The summed E-state index contributed by atoms with van der Waals surface area (Å²) >= 11 is 0. The van der Waals surface area contributed by atoms with Gasteiger partial charge in [-0.15, -0.1) is 0 Å². The predicted molar refractivity (Wildman–Crippen MR) is 75.7 cm³/mol. The van der Waals surface area contributed by atoms with Crippen LogP contribution in [0.5, 0.6) is 0 Å². The van der Waals surface area contributed by atoms with E-state index in [-0.39, 0.29) is 18.5 Å². The zero-order valence-electron chi connectivity index (χ0n) is 12.8. The van der Waals surface area contributed by atoms with Crippen LogP contribution in [-0.4, -0.2) is 30.7 Å². The Kier molecular flexibility index (Phi) is 5.27. The van der Waals surface area contributed by atoms with E-state index < -0.39 is 0 Å². The summed E-state index contributed by atoms with van der Waals surface area (Å²) in [7, 11) is 1.72. The van der Waals surface area contributed by atoms with Crippen LogP contribution in [0.25, 0.3) is 0 Å². The lowest BCUT2D eigenvalue weighted by molar-refractivity contribution is -0.133. The molecular weight excluding hydrogens is 240 g/mol. The van der Waals surface area contributed by atoms with Crippen LogP contribution >= 0.6 is 0 Å². The molecule has 0 aromatic heterocycles. The number of methoxy groups -OCH3 is 1. The molecule has 3 heteroatoms. The van der Waals surface area contributed by atoms with Gasteiger partial charge < -0.3 is 14.6 Å². The van der Waals surface area contributed by atoms with E-state index >= 15 is 0 Å². The lowest BCUT2D eigenvalue weighted by Gasteiger charge is -2.45. The summed E-state index contributed by atoms with van der Waals surface area (Å²) in [6, 6.07) is 0. The molecule has 3 fully saturated rings. The van der Waals surface area contributed by atoms with Crippen molar-refractivity contribution in [1.29, 1.82) is 0 Å². The second kappa shape index (κ2) is 6.55. The van der Waals surface area contributed by atoms with Gasteiger partial charge in [0.25, 0.3) is 0 Å². The van der Waals surface area contributed by atoms with E-state index in [1.807, 2.05) is 13.8 Å². The molecule has 3 nitrogen and oxygen atoms in total. The Hall–Kier alpha value is -0.120. The first-order valence-corrected chi connectivity index (χ1v) is 8.08. The minimum Gasteiger partial charge on any atom is -0.392 e. The third kappa shape index (κ3) is 2.70. The molecule has 1 saturated heterocycles. The summed E-state index contributed by atoms with van der Waals surface area (Å²) in [5.74, 6) is 1.92. The number of hydrogen-bond acceptors (Lipinski definition) is 3. The maximum Gasteiger partial charge on any atom is 0.160 e. The third-order valence-corrected chi connectivity index (χ3v) is 5.34. The largest absolute Gasteiger partial charge is 0.392 e. The quantitative estimate of drug-likeness (QED) is 0.795. The minimum atomic E-state index is -0.172. The van der Waals surface area contributed by atoms with E-state index in [0.29, 0.717) is 23.7 Å². The molecule has 0 aromatic rings. The fourth-order valence-electron chi connectivity index (χ4n) is 4.58. The molecule has 0 aromatic carbocycles. The highest BCUT2D eigenvalue weighted by Gasteiger charge is 2.53. The van der Waals surface area contributed by atoms with Crippen molar-refractivity contribution in [1.82, 2.24) is 0 Å². The average Bonchev–Trinajstić information content (AvgIpc) is 2.78. The maximum absolute atomic E-state index is 10.6. The van der Waals surface area contributed by atoms with E-state index in [9.17, 15) is 5.11 Å². The number of ether oxygens (including phenoxy) is 2. The molecule has 3 rings (SSSR count). The Labute approximate surface area is 117 Å². The lowest BCUT2D eigenvalue weighted by Crippen LogP contribution is -2.47. The number of aliphatic hydroxyl groups is 1. The highest BCUT2D eigenvalue weighted by Crippen LogP contribution is 2.51. The van der Waals surface area contributed by atoms with Crippen molar-refractivity contribution in [3.05, 3.63) is 0 Å². The summed E-state index contributed by atoms with van der Waals surface area (Å²) in [4.78, 5) is 0. The molecule has 112 valence electrons. The third-order valence-electron chi connectivity index (χ3n) is 5.34. The van der Waals surface area contributed by atoms with Gasteiger partial charge in [-0.25, -0.2) is 0 Å². The van der Waals surface area contributed by atoms with Crippen LogP contribution in [0, 0.1) is 23.7 Å². The zero-order valence-corrected chi connectivity index (χ0v) is 12.8. The Morgan fingerprint density at radius 1 is 1.11 bits per heavy atom. The molecule has 1 aliphatic heterocycles. The molecule has 2 saturated carbocycles. The summed E-state index contributed by atoms with van der Waals surface area (Å²) < 4.78 is 11.3. The smallest absolute Gasteiger partial charge is 0.160 e. The molecular formula is C16H30O3. The highest BCUT2D eigenvalue weighted by atomic mass is 16.7. The van der Waals surface area contributed by atoms with Gasteiger partial charge in [0, 0.05) is 18.9 Å². The van der Waals surface area contributed by atoms with Gasteiger partial charge in [-0.2, -0.15) is 0 Å². The number of hydrogen-bond donors (Lipinski definition) is 1. The van der Waals surface area contributed by atoms with Crippen LogP contribution in [0.1, 0.15) is 52.9 Å². The first-order chi connectivity index (χ1) is 9.22. The van der Waals surface area contributed by atoms with Crippen LogP contribution in [0.4, 0.5) is 0 Å². The molecule has 19 heavy (non-hydrogen) atoms. The van der Waals surface area contributed by atoms with Gasteiger partial charge >= 0.3 is 0 Å². The van der Waals surface area contributed by atoms with Crippen molar-refractivity contribution in [2.45, 2.75) is 71.4 Å². The van der Waals surface area contributed by atoms with Gasteiger partial charge in [0.15, 0.2) is 6.29 Å². The summed E-state index contributed by atoms with van der Waals surface area (Å²) in [5, 5.41) is 10.6. The van der Waals surface area contributed by atoms with E-state index in [4.69, 9.17) is 9.47 Å². The zero-order chi connectivity index (χ0) is 14.0. The molecule has 7 atom stereocenters. The molecule has 0 spiro atoms. The SMILES string of the molecule is CC.COC1OC(C)C2C(O)C3CCCCC3CC12. The lowest BCUT2D eigenvalue weighted by atomic mass is 9.61. The average molecular weight is 270 g/mol. The fraction of sp³-hybridized carbons (Fsp3) is 1.00. The molecule has 3 aliphatic rings. The standard InChI is InChI=1S/C14H24O3.C2H6/c1-8-12-11(14(16-2)17-8)7-9-5-3-4-6-10(9)13(12)15;1-2/h8-15H,3-7H2,1-2H3;1-2H3. The van der Waals surface area contributed by atoms with Crippen LogP contribution in [-0.2, 0) is 9.47 Å². The summed E-state index contributed by atoms with van der Waals surface area (Å²) in [6.07, 6.45) is 6.19. The summed E-state index contributed by atoms with van der Waals surface area (Å²) in [6.45, 7) is 6.09. The Morgan fingerprint density at radius 3 is 2.47 bits per heavy atom. The van der Waals surface area contributed by atoms with E-state index in [1.165, 1.54) is 32.1 Å². The van der Waals surface area contributed by atoms with E-state index in [2.05, 4.69) is 6.92 Å². The molecule has 2 aliphatic carbocycles. The topological polar surface area (TPSA) is 38.7 Å². The van der Waals surface area contributed by atoms with Gasteiger partial charge in [-0.05, 0) is 31.6 Å². The van der Waals surface area contributed by atoms with Gasteiger partial charge in [0.1, 0.15) is 0 Å². The van der Waals surface area contributed by atoms with Gasteiger partial charge in [0.2, 0.25) is 0 Å². The maximum atomic E-state index is 10.6. The Balaban J connectivity index is 0.000000637. The second-order valence-electron chi connectivity index (χ2n) is 6.12. The normalized spacial score (nSPS) is 48.8.